The lowest BCUT2D eigenvalue weighted by Crippen LogP contribution is -2.20. The molecular formula is C17H14ClN3O2S2. The standard InChI is InChI=1S/C17H14ClN3O2S2/c18-11-5-7-13(8-6-11)23-9-12(22)10-24-16-19-20-17-21(16)14-3-1-2-4-15(14)25-17/h1-8,12,22H,9-10H2. The molecule has 0 aliphatic heterocycles. The Morgan fingerprint density at radius 1 is 1.16 bits per heavy atom. The lowest BCUT2D eigenvalue weighted by atomic mass is 10.3. The summed E-state index contributed by atoms with van der Waals surface area (Å²) in [7, 11) is 0. The van der Waals surface area contributed by atoms with Crippen LogP contribution < -0.4 is 4.74 Å². The summed E-state index contributed by atoms with van der Waals surface area (Å²) < 4.78 is 8.77. The summed E-state index contributed by atoms with van der Waals surface area (Å²) in [6, 6.07) is 15.2. The van der Waals surface area contributed by atoms with Gasteiger partial charge >= 0.3 is 0 Å². The van der Waals surface area contributed by atoms with Crippen LogP contribution in [0.5, 0.6) is 5.75 Å². The second kappa shape index (κ2) is 7.21. The Bertz CT molecular complexity index is 1000. The topological polar surface area (TPSA) is 59.7 Å². The summed E-state index contributed by atoms with van der Waals surface area (Å²) in [6.07, 6.45) is -0.613. The Morgan fingerprint density at radius 3 is 2.80 bits per heavy atom. The summed E-state index contributed by atoms with van der Waals surface area (Å²) in [5, 5.41) is 20.0. The summed E-state index contributed by atoms with van der Waals surface area (Å²) in [4.78, 5) is 0.857. The minimum atomic E-state index is -0.613. The zero-order valence-corrected chi connectivity index (χ0v) is 15.4. The normalized spacial score (nSPS) is 12.7. The first-order valence-electron chi connectivity index (χ1n) is 7.62. The van der Waals surface area contributed by atoms with Crippen molar-refractivity contribution in [1.82, 2.24) is 14.6 Å². The van der Waals surface area contributed by atoms with E-state index < -0.39 is 6.10 Å². The molecule has 0 spiro atoms. The van der Waals surface area contributed by atoms with Crippen LogP contribution in [-0.4, -0.2) is 38.2 Å². The van der Waals surface area contributed by atoms with E-state index in [1.807, 2.05) is 22.6 Å². The van der Waals surface area contributed by atoms with Crippen molar-refractivity contribution in [3.8, 4) is 5.75 Å². The third kappa shape index (κ3) is 3.59. The minimum absolute atomic E-state index is 0.209. The third-order valence-corrected chi connectivity index (χ3v) is 5.91. The number of fused-ring (bicyclic) bond motifs is 3. The van der Waals surface area contributed by atoms with Gasteiger partial charge < -0.3 is 9.84 Å². The number of aliphatic hydroxyl groups is 1. The molecule has 0 aliphatic rings. The summed E-state index contributed by atoms with van der Waals surface area (Å²) >= 11 is 8.91. The first-order valence-corrected chi connectivity index (χ1v) is 9.80. The second-order valence-electron chi connectivity index (χ2n) is 5.40. The summed E-state index contributed by atoms with van der Waals surface area (Å²) in [6.45, 7) is 0.209. The molecule has 1 N–H and O–H groups in total. The molecule has 0 bridgehead atoms. The van der Waals surface area contributed by atoms with Crippen LogP contribution in [0, 0.1) is 0 Å². The van der Waals surface area contributed by atoms with E-state index in [0.717, 1.165) is 15.6 Å². The van der Waals surface area contributed by atoms with Crippen LogP contribution in [0.1, 0.15) is 0 Å². The molecular weight excluding hydrogens is 378 g/mol. The smallest absolute Gasteiger partial charge is 0.217 e. The molecule has 8 heteroatoms. The van der Waals surface area contributed by atoms with Crippen molar-refractivity contribution in [1.29, 1.82) is 0 Å². The van der Waals surface area contributed by atoms with Crippen molar-refractivity contribution in [2.45, 2.75) is 11.3 Å². The lowest BCUT2D eigenvalue weighted by Gasteiger charge is -2.11. The van der Waals surface area contributed by atoms with Crippen LogP contribution in [0.25, 0.3) is 15.2 Å². The number of ether oxygens (including phenoxy) is 1. The van der Waals surface area contributed by atoms with E-state index in [0.29, 0.717) is 16.5 Å². The number of nitrogens with zero attached hydrogens (tertiary/aromatic N) is 3. The zero-order valence-electron chi connectivity index (χ0n) is 13.0. The number of benzene rings is 2. The van der Waals surface area contributed by atoms with Crippen molar-refractivity contribution in [2.75, 3.05) is 12.4 Å². The van der Waals surface area contributed by atoms with Gasteiger partial charge in [-0.15, -0.1) is 10.2 Å². The maximum atomic E-state index is 10.2. The molecule has 1 unspecified atom stereocenters. The number of para-hydroxylation sites is 1. The van der Waals surface area contributed by atoms with Crippen LogP contribution in [-0.2, 0) is 0 Å². The Kier molecular flexibility index (Phi) is 4.80. The van der Waals surface area contributed by atoms with Gasteiger partial charge in [-0.1, -0.05) is 46.8 Å². The third-order valence-electron chi connectivity index (χ3n) is 3.57. The Hall–Kier alpha value is -1.80. The maximum absolute atomic E-state index is 10.2. The Labute approximate surface area is 157 Å². The number of aromatic nitrogens is 3. The van der Waals surface area contributed by atoms with Crippen molar-refractivity contribution < 1.29 is 9.84 Å². The van der Waals surface area contributed by atoms with Crippen molar-refractivity contribution in [3.05, 3.63) is 53.6 Å². The molecule has 2 aromatic heterocycles. The number of halogens is 1. The van der Waals surface area contributed by atoms with Crippen LogP contribution in [0.15, 0.2) is 53.7 Å². The van der Waals surface area contributed by atoms with Gasteiger partial charge in [0.25, 0.3) is 0 Å². The van der Waals surface area contributed by atoms with Crippen LogP contribution in [0.2, 0.25) is 5.02 Å². The van der Waals surface area contributed by atoms with Gasteiger partial charge in [0.2, 0.25) is 4.96 Å². The molecule has 0 saturated carbocycles. The predicted molar refractivity (Wildman–Crippen MR) is 102 cm³/mol. The van der Waals surface area contributed by atoms with Gasteiger partial charge in [0.1, 0.15) is 12.4 Å². The van der Waals surface area contributed by atoms with E-state index >= 15 is 0 Å². The van der Waals surface area contributed by atoms with Crippen LogP contribution in [0.4, 0.5) is 0 Å². The maximum Gasteiger partial charge on any atom is 0.217 e. The fraction of sp³-hybridized carbons (Fsp3) is 0.176. The number of thioether (sulfide) groups is 1. The monoisotopic (exact) mass is 391 g/mol. The second-order valence-corrected chi connectivity index (χ2v) is 7.83. The van der Waals surface area contributed by atoms with Crippen LogP contribution in [0.3, 0.4) is 0 Å². The van der Waals surface area contributed by atoms with Gasteiger partial charge in [-0.25, -0.2) is 0 Å². The van der Waals surface area contributed by atoms with Crippen molar-refractivity contribution in [3.63, 3.8) is 0 Å². The Balaban J connectivity index is 1.40. The number of hydrogen-bond acceptors (Lipinski definition) is 6. The molecule has 1 atom stereocenters. The number of hydrogen-bond donors (Lipinski definition) is 1. The predicted octanol–water partition coefficient (Wildman–Crippen LogP) is 4.13. The molecule has 2 heterocycles. The Morgan fingerprint density at radius 2 is 1.96 bits per heavy atom. The average Bonchev–Trinajstić information content (AvgIpc) is 3.18. The first-order chi connectivity index (χ1) is 12.2. The molecule has 128 valence electrons. The summed E-state index contributed by atoms with van der Waals surface area (Å²) in [5.41, 5.74) is 1.09. The highest BCUT2D eigenvalue weighted by Crippen LogP contribution is 2.29. The van der Waals surface area contributed by atoms with E-state index in [-0.39, 0.29) is 6.61 Å². The minimum Gasteiger partial charge on any atom is -0.491 e. The highest BCUT2D eigenvalue weighted by atomic mass is 35.5. The van der Waals surface area contributed by atoms with Gasteiger partial charge in [-0.2, -0.15) is 0 Å². The average molecular weight is 392 g/mol. The highest BCUT2D eigenvalue weighted by molar-refractivity contribution is 7.99. The van der Waals surface area contributed by atoms with E-state index in [2.05, 4.69) is 16.3 Å². The SMILES string of the molecule is OC(COc1ccc(Cl)cc1)CSc1nnc2sc3ccccc3n12. The van der Waals surface area contributed by atoms with E-state index in [4.69, 9.17) is 16.3 Å². The van der Waals surface area contributed by atoms with Gasteiger partial charge in [0, 0.05) is 10.8 Å². The highest BCUT2D eigenvalue weighted by Gasteiger charge is 2.14. The largest absolute Gasteiger partial charge is 0.491 e. The van der Waals surface area contributed by atoms with Gasteiger partial charge in [0.15, 0.2) is 5.16 Å². The van der Waals surface area contributed by atoms with Gasteiger partial charge in [-0.05, 0) is 36.4 Å². The number of rotatable bonds is 6. The number of thiazole rings is 1. The summed E-state index contributed by atoms with van der Waals surface area (Å²) in [5.74, 6) is 1.15. The molecule has 25 heavy (non-hydrogen) atoms. The van der Waals surface area contributed by atoms with Crippen LogP contribution >= 0.6 is 34.7 Å². The van der Waals surface area contributed by atoms with E-state index in [9.17, 15) is 5.11 Å². The lowest BCUT2D eigenvalue weighted by molar-refractivity contribution is 0.126. The molecule has 0 fully saturated rings. The van der Waals surface area contributed by atoms with E-state index in [1.165, 1.54) is 16.5 Å². The number of aliphatic hydroxyl groups excluding tert-OH is 1. The van der Waals surface area contributed by atoms with E-state index in [1.54, 1.807) is 35.6 Å². The molecule has 5 nitrogen and oxygen atoms in total. The quantitative estimate of drug-likeness (QED) is 0.501. The molecule has 0 saturated heterocycles. The molecule has 0 amide bonds. The zero-order chi connectivity index (χ0) is 17.2. The molecule has 2 aromatic carbocycles. The molecule has 0 radical (unpaired) electrons. The fourth-order valence-corrected chi connectivity index (χ4v) is 4.39. The van der Waals surface area contributed by atoms with Gasteiger partial charge in [0.05, 0.1) is 16.3 Å². The van der Waals surface area contributed by atoms with Crippen molar-refractivity contribution in [2.24, 2.45) is 0 Å². The molecule has 4 aromatic rings. The van der Waals surface area contributed by atoms with Gasteiger partial charge in [-0.3, -0.25) is 4.40 Å². The van der Waals surface area contributed by atoms with Crippen molar-refractivity contribution >= 4 is 49.9 Å². The molecule has 0 aliphatic carbocycles. The molecule has 4 rings (SSSR count). The first kappa shape index (κ1) is 16.7. The fourth-order valence-electron chi connectivity index (χ4n) is 2.39.